The van der Waals surface area contributed by atoms with Crippen LogP contribution in [0.5, 0.6) is 0 Å². The summed E-state index contributed by atoms with van der Waals surface area (Å²) in [5, 5.41) is 8.94. The van der Waals surface area contributed by atoms with Gasteiger partial charge in [0, 0.05) is 0 Å². The zero-order valence-electron chi connectivity index (χ0n) is 6.95. The van der Waals surface area contributed by atoms with Crippen molar-refractivity contribution >= 4 is 0 Å². The molecule has 2 rings (SSSR count). The molecule has 1 aromatic heterocycles. The summed E-state index contributed by atoms with van der Waals surface area (Å²) < 4.78 is 2.08. The molecule has 4 nitrogen and oxygen atoms in total. The van der Waals surface area contributed by atoms with Crippen molar-refractivity contribution < 1.29 is 10.0 Å². The lowest BCUT2D eigenvalue weighted by Crippen LogP contribution is -3.06. The molecule has 0 saturated carbocycles. The molecule has 1 aliphatic rings. The Hall–Kier alpha value is -0.870. The fourth-order valence-electron chi connectivity index (χ4n) is 1.61. The van der Waals surface area contributed by atoms with Gasteiger partial charge in [-0.25, -0.2) is 4.98 Å². The zero-order chi connectivity index (χ0) is 8.55. The molecule has 4 heteroatoms. The Bertz CT molecular complexity index is 282. The van der Waals surface area contributed by atoms with Crippen LogP contribution in [0.3, 0.4) is 0 Å². The van der Waals surface area contributed by atoms with E-state index >= 15 is 0 Å². The van der Waals surface area contributed by atoms with Crippen LogP contribution >= 0.6 is 0 Å². The lowest BCUT2D eigenvalue weighted by molar-refractivity contribution is -0.872. The quantitative estimate of drug-likeness (QED) is 0.503. The van der Waals surface area contributed by atoms with Gasteiger partial charge >= 0.3 is 0 Å². The molecule has 0 aromatic carbocycles. The Morgan fingerprint density at radius 3 is 3.33 bits per heavy atom. The monoisotopic (exact) mass is 167 g/mol. The van der Waals surface area contributed by atoms with Crippen molar-refractivity contribution in [2.75, 3.05) is 6.54 Å². The Morgan fingerprint density at radius 2 is 2.58 bits per heavy atom. The van der Waals surface area contributed by atoms with Crippen molar-refractivity contribution in [3.05, 3.63) is 24.8 Å². The summed E-state index contributed by atoms with van der Waals surface area (Å²) in [6.45, 7) is 2.87. The molecule has 1 aromatic rings. The van der Waals surface area contributed by atoms with Gasteiger partial charge in [0.2, 0.25) is 0 Å². The van der Waals surface area contributed by atoms with Crippen LogP contribution in [0.25, 0.3) is 0 Å². The second-order valence-electron chi connectivity index (χ2n) is 3.15. The number of aromatic nitrogens is 2. The fourth-order valence-corrected chi connectivity index (χ4v) is 1.61. The topological polar surface area (TPSA) is 42.5 Å². The standard InChI is InChI=1S/C8H13N3O/c1-10-2-3-11-7(5-10)4-9-8(11)6-12/h4,10,12H,1-3,5-6H2. The van der Waals surface area contributed by atoms with Gasteiger partial charge in [-0.15, -0.1) is 0 Å². The van der Waals surface area contributed by atoms with Gasteiger partial charge in [0.15, 0.2) is 0 Å². The minimum Gasteiger partial charge on any atom is -0.461 e. The normalized spacial score (nSPS) is 22.3. The van der Waals surface area contributed by atoms with Gasteiger partial charge in [-0.1, -0.05) is 0 Å². The van der Waals surface area contributed by atoms with Crippen LogP contribution in [0, 0.1) is 7.05 Å². The number of nitrogens with zero attached hydrogens (tertiary/aromatic N) is 2. The predicted octanol–water partition coefficient (Wildman–Crippen LogP) is -1.43. The van der Waals surface area contributed by atoms with Gasteiger partial charge in [0.25, 0.3) is 0 Å². The molecule has 12 heavy (non-hydrogen) atoms. The van der Waals surface area contributed by atoms with Crippen LogP contribution in [0.1, 0.15) is 11.5 Å². The summed E-state index contributed by atoms with van der Waals surface area (Å²) in [5.74, 6) is 0.775. The number of hydrogen-bond acceptors (Lipinski definition) is 2. The molecule has 0 aliphatic carbocycles. The van der Waals surface area contributed by atoms with Crippen molar-refractivity contribution in [3.63, 3.8) is 0 Å². The summed E-state index contributed by atoms with van der Waals surface area (Å²) in [4.78, 5) is 5.38. The first-order valence-corrected chi connectivity index (χ1v) is 4.12. The number of nitrogens with one attached hydrogen (secondary N) is 1. The van der Waals surface area contributed by atoms with E-state index < -0.39 is 0 Å². The van der Waals surface area contributed by atoms with Gasteiger partial charge in [0.1, 0.15) is 12.4 Å². The summed E-state index contributed by atoms with van der Waals surface area (Å²) in [6, 6.07) is 0. The number of rotatable bonds is 1. The van der Waals surface area contributed by atoms with Gasteiger partial charge < -0.3 is 14.6 Å². The highest BCUT2D eigenvalue weighted by atomic mass is 16.3. The highest BCUT2D eigenvalue weighted by Gasteiger charge is 2.16. The molecule has 0 spiro atoms. The minimum absolute atomic E-state index is 0.0342. The van der Waals surface area contributed by atoms with E-state index in [1.807, 2.05) is 6.20 Å². The number of fused-ring (bicyclic) bond motifs is 1. The molecular weight excluding hydrogens is 154 g/mol. The maximum atomic E-state index is 8.94. The molecule has 0 radical (unpaired) electrons. The van der Waals surface area contributed by atoms with E-state index in [0.717, 1.165) is 25.5 Å². The largest absolute Gasteiger partial charge is 0.461 e. The average molecular weight is 167 g/mol. The molecule has 0 fully saturated rings. The van der Waals surface area contributed by atoms with Crippen molar-refractivity contribution in [1.29, 1.82) is 0 Å². The van der Waals surface area contributed by atoms with E-state index in [9.17, 15) is 0 Å². The minimum atomic E-state index is 0.0342. The Balaban J connectivity index is 2.32. The molecule has 0 bridgehead atoms. The molecule has 1 unspecified atom stereocenters. The first-order chi connectivity index (χ1) is 5.81. The van der Waals surface area contributed by atoms with Crippen LogP contribution in [-0.4, -0.2) is 21.2 Å². The van der Waals surface area contributed by atoms with Crippen LogP contribution in [-0.2, 0) is 19.7 Å². The van der Waals surface area contributed by atoms with E-state index in [1.54, 1.807) is 0 Å². The van der Waals surface area contributed by atoms with E-state index in [-0.39, 0.29) is 6.61 Å². The van der Waals surface area contributed by atoms with Crippen LogP contribution in [0.15, 0.2) is 6.20 Å². The van der Waals surface area contributed by atoms with Crippen molar-refractivity contribution in [1.82, 2.24) is 9.55 Å². The van der Waals surface area contributed by atoms with Crippen LogP contribution in [0.2, 0.25) is 0 Å². The smallest absolute Gasteiger partial charge is 0.135 e. The first kappa shape index (κ1) is 7.76. The number of aliphatic hydroxyl groups excluding tert-OH is 1. The highest BCUT2D eigenvalue weighted by Crippen LogP contribution is 2.06. The molecule has 1 atom stereocenters. The maximum Gasteiger partial charge on any atom is 0.135 e. The summed E-state index contributed by atoms with van der Waals surface area (Å²) in [5.41, 5.74) is 1.18. The zero-order valence-corrected chi connectivity index (χ0v) is 6.95. The Kier molecular flexibility index (Phi) is 1.86. The molecule has 2 heterocycles. The third-order valence-corrected chi connectivity index (χ3v) is 2.28. The third-order valence-electron chi connectivity index (χ3n) is 2.28. The van der Waals surface area contributed by atoms with Gasteiger partial charge in [-0.2, -0.15) is 7.05 Å². The first-order valence-electron chi connectivity index (χ1n) is 4.12. The number of aliphatic hydroxyl groups is 1. The fraction of sp³-hybridized carbons (Fsp3) is 0.500. The SMILES string of the molecule is [CH2-][NH+]1CCn2c(cnc2CO)C1. The Labute approximate surface area is 71.4 Å². The highest BCUT2D eigenvalue weighted by molar-refractivity contribution is 5.04. The maximum absolute atomic E-state index is 8.94. The van der Waals surface area contributed by atoms with Crippen LogP contribution in [0.4, 0.5) is 0 Å². The summed E-state index contributed by atoms with van der Waals surface area (Å²) in [6.07, 6.45) is 1.83. The van der Waals surface area contributed by atoms with E-state index in [1.165, 1.54) is 10.6 Å². The van der Waals surface area contributed by atoms with Gasteiger partial charge in [-0.05, 0) is 0 Å². The summed E-state index contributed by atoms with van der Waals surface area (Å²) >= 11 is 0. The van der Waals surface area contributed by atoms with E-state index in [4.69, 9.17) is 5.11 Å². The van der Waals surface area contributed by atoms with E-state index in [2.05, 4.69) is 16.6 Å². The number of imidazole rings is 1. The average Bonchev–Trinajstić information content (AvgIpc) is 2.46. The number of quaternary nitrogens is 1. The molecule has 0 amide bonds. The second-order valence-corrected chi connectivity index (χ2v) is 3.15. The van der Waals surface area contributed by atoms with Gasteiger partial charge in [-0.3, -0.25) is 0 Å². The molecular formula is C8H13N3O. The lowest BCUT2D eigenvalue weighted by Gasteiger charge is -2.27. The van der Waals surface area contributed by atoms with Crippen molar-refractivity contribution in [3.8, 4) is 0 Å². The van der Waals surface area contributed by atoms with E-state index in [0.29, 0.717) is 0 Å². The molecule has 66 valence electrons. The molecule has 1 aliphatic heterocycles. The third kappa shape index (κ3) is 1.13. The van der Waals surface area contributed by atoms with Crippen LogP contribution < -0.4 is 4.90 Å². The molecule has 0 saturated heterocycles. The summed E-state index contributed by atoms with van der Waals surface area (Å²) in [7, 11) is 3.94. The number of hydrogen-bond donors (Lipinski definition) is 2. The van der Waals surface area contributed by atoms with Crippen molar-refractivity contribution in [2.24, 2.45) is 0 Å². The Morgan fingerprint density at radius 1 is 1.75 bits per heavy atom. The lowest BCUT2D eigenvalue weighted by atomic mass is 10.3. The van der Waals surface area contributed by atoms with Gasteiger partial charge in [0.05, 0.1) is 31.5 Å². The molecule has 2 N–H and O–H groups in total. The second kappa shape index (κ2) is 2.88. The van der Waals surface area contributed by atoms with Crippen molar-refractivity contribution in [2.45, 2.75) is 19.7 Å². The predicted molar refractivity (Wildman–Crippen MR) is 43.0 cm³/mol.